The molecule has 0 aromatic heterocycles. The van der Waals surface area contributed by atoms with Gasteiger partial charge in [-0.2, -0.15) is 0 Å². The second-order valence-corrected chi connectivity index (χ2v) is 12.6. The lowest BCUT2D eigenvalue weighted by Crippen LogP contribution is -2.58. The summed E-state index contributed by atoms with van der Waals surface area (Å²) in [6, 6.07) is 0. The quantitative estimate of drug-likeness (QED) is 0.282. The Kier molecular flexibility index (Phi) is 5.05. The molecule has 0 aromatic carbocycles. The van der Waals surface area contributed by atoms with E-state index in [-0.39, 0.29) is 24.0 Å². The molecule has 0 aromatic rings. The highest BCUT2D eigenvalue weighted by atomic mass is 127. The Morgan fingerprint density at radius 3 is 1.19 bits per heavy atom. The van der Waals surface area contributed by atoms with Crippen molar-refractivity contribution in [3.63, 3.8) is 0 Å². The van der Waals surface area contributed by atoms with E-state index in [9.17, 15) is 0 Å². The molecule has 0 amide bonds. The van der Waals surface area contributed by atoms with Gasteiger partial charge >= 0.3 is 0 Å². The monoisotopic (exact) mass is 486 g/mol. The van der Waals surface area contributed by atoms with E-state index in [2.05, 4.69) is 9.24 Å². The third-order valence-corrected chi connectivity index (χ3v) is 10.8. The maximum absolute atomic E-state index is 3.04. The highest BCUT2D eigenvalue weighted by molar-refractivity contribution is 14.0. The van der Waals surface area contributed by atoms with Crippen molar-refractivity contribution in [3.05, 3.63) is 0 Å². The largest absolute Gasteiger partial charge is 0.138 e. The molecular weight excluding hydrogens is 446 g/mol. The summed E-state index contributed by atoms with van der Waals surface area (Å²) in [6.45, 7) is 0. The summed E-state index contributed by atoms with van der Waals surface area (Å²) in [4.78, 5) is 0. The minimum Gasteiger partial charge on any atom is -0.138 e. The van der Waals surface area contributed by atoms with Gasteiger partial charge in [0.15, 0.2) is 0 Å². The van der Waals surface area contributed by atoms with E-state index in [1.807, 2.05) is 0 Å². The van der Waals surface area contributed by atoms with Crippen LogP contribution < -0.4 is 0 Å². The SMILES string of the molecule is I.PCCCC(C12CC3CC(CC(C3)C1)C2)C12CC3CC(CC(C3)C1)C2. The molecule has 0 N–H and O–H groups in total. The summed E-state index contributed by atoms with van der Waals surface area (Å²) >= 11 is 0. The van der Waals surface area contributed by atoms with E-state index >= 15 is 0 Å². The zero-order valence-electron chi connectivity index (χ0n) is 16.6. The van der Waals surface area contributed by atoms with Crippen molar-refractivity contribution in [2.45, 2.75) is 89.9 Å². The highest BCUT2D eigenvalue weighted by Crippen LogP contribution is 2.72. The molecular formula is C24H40IP. The van der Waals surface area contributed by atoms with Crippen LogP contribution in [-0.4, -0.2) is 6.16 Å². The lowest BCUT2D eigenvalue weighted by Gasteiger charge is -2.67. The van der Waals surface area contributed by atoms with Crippen LogP contribution in [0.25, 0.3) is 0 Å². The first-order valence-corrected chi connectivity index (χ1v) is 12.7. The van der Waals surface area contributed by atoms with E-state index in [0.717, 1.165) is 52.3 Å². The topological polar surface area (TPSA) is 0 Å². The molecule has 0 nitrogen and oxygen atoms in total. The van der Waals surface area contributed by atoms with Crippen LogP contribution in [0.1, 0.15) is 89.9 Å². The van der Waals surface area contributed by atoms with Crippen molar-refractivity contribution in [2.24, 2.45) is 52.3 Å². The molecule has 148 valence electrons. The molecule has 2 heteroatoms. The second kappa shape index (κ2) is 6.85. The van der Waals surface area contributed by atoms with Gasteiger partial charge in [0.25, 0.3) is 0 Å². The maximum atomic E-state index is 3.04. The van der Waals surface area contributed by atoms with Gasteiger partial charge in [0.1, 0.15) is 0 Å². The third-order valence-electron chi connectivity index (χ3n) is 10.3. The number of hydrogen-bond acceptors (Lipinski definition) is 0. The molecule has 0 radical (unpaired) electrons. The Morgan fingerprint density at radius 1 is 0.615 bits per heavy atom. The van der Waals surface area contributed by atoms with Gasteiger partial charge in [0, 0.05) is 0 Å². The summed E-state index contributed by atoms with van der Waals surface area (Å²) in [6.07, 6.45) is 24.1. The lowest BCUT2D eigenvalue weighted by atomic mass is 9.38. The van der Waals surface area contributed by atoms with Crippen LogP contribution in [0.15, 0.2) is 0 Å². The summed E-state index contributed by atoms with van der Waals surface area (Å²) in [5.74, 6) is 7.94. The molecule has 8 rings (SSSR count). The van der Waals surface area contributed by atoms with Crippen LogP contribution in [0.3, 0.4) is 0 Å². The fraction of sp³-hybridized carbons (Fsp3) is 1.00. The minimum absolute atomic E-state index is 0. The first kappa shape index (κ1) is 19.1. The summed E-state index contributed by atoms with van der Waals surface area (Å²) in [5, 5.41) is 0. The minimum atomic E-state index is 0. The maximum Gasteiger partial charge on any atom is -0.0256 e. The number of hydrogen-bond donors (Lipinski definition) is 0. The molecule has 8 aliphatic rings. The Hall–Kier alpha value is 1.16. The molecule has 0 aliphatic heterocycles. The van der Waals surface area contributed by atoms with Gasteiger partial charge in [0.05, 0.1) is 0 Å². The average Bonchev–Trinajstić information content (AvgIpc) is 2.52. The van der Waals surface area contributed by atoms with E-state index < -0.39 is 0 Å². The van der Waals surface area contributed by atoms with Gasteiger partial charge in [0.2, 0.25) is 0 Å². The Bertz CT molecular complexity index is 426. The van der Waals surface area contributed by atoms with Crippen molar-refractivity contribution in [3.8, 4) is 0 Å². The number of halogens is 1. The average molecular weight is 486 g/mol. The van der Waals surface area contributed by atoms with Crippen molar-refractivity contribution >= 4 is 33.2 Å². The highest BCUT2D eigenvalue weighted by Gasteiger charge is 2.62. The molecule has 8 saturated carbocycles. The zero-order chi connectivity index (χ0) is 16.6. The van der Waals surface area contributed by atoms with E-state index in [1.165, 1.54) is 12.6 Å². The first-order valence-electron chi connectivity index (χ1n) is 11.9. The molecule has 0 spiro atoms. The first-order chi connectivity index (χ1) is 12.2. The van der Waals surface area contributed by atoms with Gasteiger partial charge in [-0.15, -0.1) is 33.2 Å². The van der Waals surface area contributed by atoms with E-state index in [4.69, 9.17) is 0 Å². The van der Waals surface area contributed by atoms with Gasteiger partial charge in [-0.3, -0.25) is 0 Å². The van der Waals surface area contributed by atoms with Crippen LogP contribution in [-0.2, 0) is 0 Å². The molecule has 26 heavy (non-hydrogen) atoms. The molecule has 0 saturated heterocycles. The molecule has 8 aliphatic carbocycles. The van der Waals surface area contributed by atoms with Crippen LogP contribution in [0.5, 0.6) is 0 Å². The summed E-state index contributed by atoms with van der Waals surface area (Å²) in [5.41, 5.74) is 1.61. The predicted octanol–water partition coefficient (Wildman–Crippen LogP) is 7.31. The van der Waals surface area contributed by atoms with E-state index in [0.29, 0.717) is 0 Å². The smallest absolute Gasteiger partial charge is 0.0256 e. The predicted molar refractivity (Wildman–Crippen MR) is 124 cm³/mol. The fourth-order valence-corrected chi connectivity index (χ4v) is 11.0. The Labute approximate surface area is 181 Å². The Morgan fingerprint density at radius 2 is 0.923 bits per heavy atom. The second-order valence-electron chi connectivity index (χ2n) is 12.0. The van der Waals surface area contributed by atoms with Gasteiger partial charge in [-0.05, 0) is 148 Å². The van der Waals surface area contributed by atoms with Crippen LogP contribution >= 0.6 is 33.2 Å². The van der Waals surface area contributed by atoms with Crippen molar-refractivity contribution < 1.29 is 0 Å². The van der Waals surface area contributed by atoms with Gasteiger partial charge < -0.3 is 0 Å². The van der Waals surface area contributed by atoms with Crippen LogP contribution in [0.2, 0.25) is 0 Å². The lowest BCUT2D eigenvalue weighted by molar-refractivity contribution is -0.174. The third kappa shape index (κ3) is 2.90. The van der Waals surface area contributed by atoms with Crippen LogP contribution in [0, 0.1) is 52.3 Å². The normalized spacial score (nSPS) is 54.3. The molecule has 1 atom stereocenters. The van der Waals surface area contributed by atoms with Gasteiger partial charge in [-0.25, -0.2) is 0 Å². The Balaban J connectivity index is 0.00000150. The molecule has 0 heterocycles. The van der Waals surface area contributed by atoms with E-state index in [1.54, 1.807) is 83.5 Å². The van der Waals surface area contributed by atoms with Crippen molar-refractivity contribution in [1.82, 2.24) is 0 Å². The van der Waals surface area contributed by atoms with Crippen molar-refractivity contribution in [1.29, 1.82) is 0 Å². The fourth-order valence-electron chi connectivity index (χ4n) is 10.8. The molecule has 1 unspecified atom stereocenters. The van der Waals surface area contributed by atoms with Crippen molar-refractivity contribution in [2.75, 3.05) is 6.16 Å². The van der Waals surface area contributed by atoms with Gasteiger partial charge in [-0.1, -0.05) is 0 Å². The number of rotatable bonds is 5. The molecule has 8 fully saturated rings. The summed E-state index contributed by atoms with van der Waals surface area (Å²) in [7, 11) is 3.04. The summed E-state index contributed by atoms with van der Waals surface area (Å²) < 4.78 is 0. The molecule has 8 bridgehead atoms. The zero-order valence-corrected chi connectivity index (χ0v) is 20.1. The van der Waals surface area contributed by atoms with Crippen LogP contribution in [0.4, 0.5) is 0 Å². The standard InChI is InChI=1S/C24H39P.HI/c25-3-1-2-22(23-10-16-4-17(11-23)6-18(5-16)12-23)24-13-19-7-20(14-24)9-21(8-19)15-24;/h16-22H,1-15,25H2;1H.